The van der Waals surface area contributed by atoms with Crippen LogP contribution in [0, 0.1) is 11.8 Å². The van der Waals surface area contributed by atoms with Crippen LogP contribution in [0.3, 0.4) is 0 Å². The Labute approximate surface area is 192 Å². The number of halogens is 3. The zero-order valence-corrected chi connectivity index (χ0v) is 21.1. The maximum atomic E-state index is 2.42. The van der Waals surface area contributed by atoms with Gasteiger partial charge >= 0.3 is 156 Å². The number of allylic oxidation sites excluding steroid dienone is 4. The fourth-order valence-electron chi connectivity index (χ4n) is 4.42. The van der Waals surface area contributed by atoms with E-state index in [2.05, 4.69) is 64.6 Å². The molecular formula is C21H29Cl3SiTi. The van der Waals surface area contributed by atoms with E-state index in [4.69, 9.17) is 0 Å². The molecule has 0 amide bonds. The molecule has 0 atom stereocenters. The molecule has 2 aliphatic carbocycles. The fraction of sp³-hybridized carbons (Fsp3) is 0.524. The van der Waals surface area contributed by atoms with Crippen molar-refractivity contribution < 1.29 is 57.7 Å². The first-order valence-corrected chi connectivity index (χ1v) is 11.5. The molecule has 3 rings (SSSR count). The summed E-state index contributed by atoms with van der Waals surface area (Å²) in [5.74, 6) is 1.66. The summed E-state index contributed by atoms with van der Waals surface area (Å²) in [6, 6.07) is 11.2. The fourth-order valence-corrected chi connectivity index (χ4v) is 7.92. The van der Waals surface area contributed by atoms with Crippen LogP contribution in [0.4, 0.5) is 0 Å². The van der Waals surface area contributed by atoms with Crippen LogP contribution in [0.1, 0.15) is 58.8 Å². The van der Waals surface area contributed by atoms with Gasteiger partial charge in [-0.1, -0.05) is 0 Å². The minimum Gasteiger partial charge on any atom is -1.00 e. The molecule has 0 saturated heterocycles. The van der Waals surface area contributed by atoms with Crippen molar-refractivity contribution in [1.29, 1.82) is 0 Å². The average molecular weight is 464 g/mol. The van der Waals surface area contributed by atoms with E-state index < -0.39 is 0 Å². The van der Waals surface area contributed by atoms with Gasteiger partial charge in [-0.2, -0.15) is 0 Å². The van der Waals surface area contributed by atoms with Crippen molar-refractivity contribution in [2.45, 2.75) is 58.8 Å². The molecule has 0 N–H and O–H groups in total. The molecule has 0 spiro atoms. The second-order valence-electron chi connectivity index (χ2n) is 7.70. The first kappa shape index (κ1) is 26.5. The van der Waals surface area contributed by atoms with E-state index in [0.717, 1.165) is 5.92 Å². The van der Waals surface area contributed by atoms with Crippen LogP contribution >= 0.6 is 0 Å². The number of rotatable bonds is 5. The SMILES string of the molecule is CC(C)C1=C([SiH2]c2ccccc2)CC(CC2CCCCC2)=[C]1[Ti+3].[Cl-].[Cl-].[Cl-]. The maximum Gasteiger partial charge on any atom is -1.00 e. The molecule has 142 valence electrons. The van der Waals surface area contributed by atoms with E-state index in [1.165, 1.54) is 44.9 Å². The average Bonchev–Trinajstić information content (AvgIpc) is 2.85. The zero-order chi connectivity index (χ0) is 16.2. The third kappa shape index (κ3) is 6.83. The Bertz CT molecular complexity index is 605. The Hall–Kier alpha value is 0.501. The second kappa shape index (κ2) is 12.9. The van der Waals surface area contributed by atoms with E-state index in [0.29, 0.717) is 5.92 Å². The quantitative estimate of drug-likeness (QED) is 0.387. The molecule has 0 radical (unpaired) electrons. The third-order valence-corrected chi connectivity index (χ3v) is 8.44. The van der Waals surface area contributed by atoms with Gasteiger partial charge in [0.2, 0.25) is 0 Å². The van der Waals surface area contributed by atoms with E-state index in [1.807, 2.05) is 5.20 Å². The summed E-state index contributed by atoms with van der Waals surface area (Å²) in [5, 5.41) is 3.43. The van der Waals surface area contributed by atoms with Gasteiger partial charge in [-0.25, -0.2) is 0 Å². The molecule has 0 aromatic heterocycles. The molecule has 26 heavy (non-hydrogen) atoms. The molecule has 0 heterocycles. The van der Waals surface area contributed by atoms with Crippen molar-refractivity contribution >= 4 is 14.7 Å². The van der Waals surface area contributed by atoms with Crippen LogP contribution in [-0.4, -0.2) is 9.52 Å². The zero-order valence-electron chi connectivity index (χ0n) is 15.8. The van der Waals surface area contributed by atoms with Gasteiger partial charge in [0.05, 0.1) is 0 Å². The summed E-state index contributed by atoms with van der Waals surface area (Å²) in [5.41, 5.74) is 3.52. The first-order chi connectivity index (χ1) is 11.1. The minimum absolute atomic E-state index is 0. The third-order valence-electron chi connectivity index (χ3n) is 5.53. The molecule has 5 heteroatoms. The topological polar surface area (TPSA) is 0 Å². The van der Waals surface area contributed by atoms with E-state index in [9.17, 15) is 0 Å². The molecule has 1 aromatic rings. The Kier molecular flexibility index (Phi) is 13.1. The molecule has 1 saturated carbocycles. The summed E-state index contributed by atoms with van der Waals surface area (Å²) < 4.78 is 1.67. The van der Waals surface area contributed by atoms with Crippen LogP contribution in [0.2, 0.25) is 0 Å². The molecule has 1 aromatic carbocycles. The number of hydrogen-bond acceptors (Lipinski definition) is 0. The normalized spacial score (nSPS) is 18.2. The Morgan fingerprint density at radius 3 is 2.19 bits per heavy atom. The van der Waals surface area contributed by atoms with Gasteiger partial charge in [-0.15, -0.1) is 0 Å². The van der Waals surface area contributed by atoms with Crippen molar-refractivity contribution in [1.82, 2.24) is 0 Å². The largest absolute Gasteiger partial charge is 1.00 e. The predicted molar refractivity (Wildman–Crippen MR) is 99.3 cm³/mol. The van der Waals surface area contributed by atoms with Gasteiger partial charge in [0, 0.05) is 0 Å². The second-order valence-corrected chi connectivity index (χ2v) is 10.5. The van der Waals surface area contributed by atoms with Gasteiger partial charge in [-0.05, 0) is 0 Å². The van der Waals surface area contributed by atoms with Crippen LogP contribution < -0.4 is 42.4 Å². The van der Waals surface area contributed by atoms with Gasteiger partial charge < -0.3 is 37.2 Å². The van der Waals surface area contributed by atoms with Crippen LogP contribution in [0.25, 0.3) is 0 Å². The number of hydrogen-bond donors (Lipinski definition) is 0. The van der Waals surface area contributed by atoms with Gasteiger partial charge in [-0.3, -0.25) is 0 Å². The maximum absolute atomic E-state index is 2.42. The van der Waals surface area contributed by atoms with Crippen LogP contribution in [0.5, 0.6) is 0 Å². The smallest absolute Gasteiger partial charge is 1.00 e. The van der Waals surface area contributed by atoms with Crippen molar-refractivity contribution in [2.24, 2.45) is 11.8 Å². The summed E-state index contributed by atoms with van der Waals surface area (Å²) in [7, 11) is -0.289. The van der Waals surface area contributed by atoms with E-state index in [-0.39, 0.29) is 46.7 Å². The number of benzene rings is 1. The minimum atomic E-state index is -0.289. The monoisotopic (exact) mass is 462 g/mol. The summed E-state index contributed by atoms with van der Waals surface area (Å²) in [4.78, 5) is 0. The van der Waals surface area contributed by atoms with Crippen molar-refractivity contribution in [3.8, 4) is 0 Å². The van der Waals surface area contributed by atoms with Gasteiger partial charge in [0.15, 0.2) is 0 Å². The van der Waals surface area contributed by atoms with Crippen molar-refractivity contribution in [3.63, 3.8) is 0 Å². The summed E-state index contributed by atoms with van der Waals surface area (Å²) in [6.45, 7) is 4.78. The molecule has 0 unspecified atom stereocenters. The Balaban J connectivity index is 0.00000208. The van der Waals surface area contributed by atoms with Crippen molar-refractivity contribution in [2.75, 3.05) is 0 Å². The standard InChI is InChI=1S/C21H29Si.3ClH.Ti/c1-16(2)20-14-18(13-17-9-5-3-6-10-17)15-21(20)22-19-11-7-4-8-12-19;;;;/h4,7-8,11-12,16-17H,3,5-6,9-10,13,15,22H2,1-2H3;3*1H;/q;;;;+3/p-3. The summed E-state index contributed by atoms with van der Waals surface area (Å²) in [6.07, 6.45) is 10.0. The van der Waals surface area contributed by atoms with E-state index >= 15 is 0 Å². The van der Waals surface area contributed by atoms with Gasteiger partial charge in [0.1, 0.15) is 0 Å². The first-order valence-electron chi connectivity index (χ1n) is 9.35. The van der Waals surface area contributed by atoms with Crippen LogP contribution in [-0.2, 0) is 20.4 Å². The molecule has 1 fully saturated rings. The molecular weight excluding hydrogens is 435 g/mol. The molecule has 0 nitrogen and oxygen atoms in total. The Morgan fingerprint density at radius 2 is 1.62 bits per heavy atom. The molecule has 0 aliphatic heterocycles. The van der Waals surface area contributed by atoms with E-state index in [1.54, 1.807) is 20.2 Å². The van der Waals surface area contributed by atoms with Crippen LogP contribution in [0.15, 0.2) is 50.6 Å². The van der Waals surface area contributed by atoms with Crippen molar-refractivity contribution in [3.05, 3.63) is 50.6 Å². The Morgan fingerprint density at radius 1 is 1.00 bits per heavy atom. The molecule has 0 bridgehead atoms. The molecule has 2 aliphatic rings. The predicted octanol–water partition coefficient (Wildman–Crippen LogP) is -4.42. The van der Waals surface area contributed by atoms with Gasteiger partial charge in [0.25, 0.3) is 0 Å². The summed E-state index contributed by atoms with van der Waals surface area (Å²) >= 11 is 2.42.